The van der Waals surface area contributed by atoms with Crippen molar-refractivity contribution >= 4 is 64.6 Å². The van der Waals surface area contributed by atoms with Crippen LogP contribution >= 0.6 is 0 Å². The first kappa shape index (κ1) is 70.4. The number of amides is 7. The minimum atomic E-state index is -1.50. The van der Waals surface area contributed by atoms with Crippen LogP contribution in [0.4, 0.5) is 39.8 Å². The number of halogens is 3. The fourth-order valence-corrected chi connectivity index (χ4v) is 13.1. The zero-order chi connectivity index (χ0) is 68.1. The number of benzene rings is 4. The van der Waals surface area contributed by atoms with Gasteiger partial charge >= 0.3 is 12.2 Å². The molecule has 0 radical (unpaired) electrons. The highest BCUT2D eigenvalue weighted by molar-refractivity contribution is 6.04. The molecular weight excluding hydrogens is 1220 g/mol. The summed E-state index contributed by atoms with van der Waals surface area (Å²) < 4.78 is 67.2. The Morgan fingerprint density at radius 3 is 2.13 bits per heavy atom. The Bertz CT molecular complexity index is 3460. The molecule has 0 aromatic heterocycles. The molecule has 3 fully saturated rings. The molecule has 7 atom stereocenters. The van der Waals surface area contributed by atoms with Crippen molar-refractivity contribution < 1.29 is 70.5 Å². The second-order valence-electron chi connectivity index (χ2n) is 27.9. The molecule has 0 spiro atoms. The monoisotopic (exact) mass is 1310 g/mol. The van der Waals surface area contributed by atoms with Crippen molar-refractivity contribution in [2.24, 2.45) is 11.8 Å². The van der Waals surface area contributed by atoms with Crippen molar-refractivity contribution in [1.29, 1.82) is 0 Å². The van der Waals surface area contributed by atoms with Crippen LogP contribution in [0.15, 0.2) is 78.9 Å². The normalized spacial score (nSPS) is 21.7. The molecule has 508 valence electrons. The Labute approximate surface area is 548 Å². The SMILES string of the molecule is C[C@@H]1COCCN1C[C@H]1CN(C(=O)OC(C)(C)C)[C@H](C)CN1CC(=O)N1C[C@@](C)(C(=O)NCCC(=O)Nc2ccc3c(c2)[C@@H](C(=O)Nc2c(F)cccc2F)N(C(=O)[C@@H](CC(=O)[C@H](C)N(C)C(=O)OC(C)(C)C)C2CCOCC2)C3)c2ccc(Cc3ccc(F)cc3)cc21. The Morgan fingerprint density at radius 1 is 0.777 bits per heavy atom. The standard InChI is InChI=1S/C70H90F3N9O12/c1-42-35-79(51(37-78-27-30-92-40-43(78)2)38-80(42)67(90)94-69(7,8)9)39-60(85)82-41-70(10,54-22-17-46(32-57(54)82)31-45-15-19-49(71)20-16-45)65(88)74-26-23-59(84)75-50-21-18-48-36-81(62(52(48)33-50)63(86)76-61-55(72)13-12-14-56(61)73)64(87)53(47-24-28-91-29-25-47)34-58(83)44(3)77(11)66(89)93-68(4,5)6/h12-22,32-33,42-44,47,51,53,62H,23-31,34-41H2,1-11H3,(H,74,88)(H,75,84)(H,76,86)/t42-,43-,44+,51+,53+,62+,70-/m1/s1. The second-order valence-corrected chi connectivity index (χ2v) is 27.9. The number of piperazine rings is 1. The first-order chi connectivity index (χ1) is 44.4. The highest BCUT2D eigenvalue weighted by atomic mass is 19.1. The Balaban J connectivity index is 0.921. The van der Waals surface area contributed by atoms with Gasteiger partial charge in [-0.1, -0.05) is 36.4 Å². The van der Waals surface area contributed by atoms with Crippen LogP contribution in [0.5, 0.6) is 0 Å². The van der Waals surface area contributed by atoms with Gasteiger partial charge in [-0.15, -0.1) is 0 Å². The number of para-hydroxylation sites is 1. The quantitative estimate of drug-likeness (QED) is 0.0798. The van der Waals surface area contributed by atoms with Gasteiger partial charge in [-0.05, 0) is 165 Å². The van der Waals surface area contributed by atoms with E-state index in [1.54, 1.807) is 68.7 Å². The molecule has 0 bridgehead atoms. The number of rotatable bonds is 19. The number of carbonyl (C=O) groups is 8. The van der Waals surface area contributed by atoms with Gasteiger partial charge in [0.2, 0.25) is 23.6 Å². The number of hydrogen-bond donors (Lipinski definition) is 3. The zero-order valence-electron chi connectivity index (χ0n) is 55.8. The lowest BCUT2D eigenvalue weighted by Gasteiger charge is -2.47. The predicted molar refractivity (Wildman–Crippen MR) is 346 cm³/mol. The van der Waals surface area contributed by atoms with Gasteiger partial charge in [0.15, 0.2) is 5.78 Å². The third kappa shape index (κ3) is 16.8. The Hall–Kier alpha value is -7.93. The van der Waals surface area contributed by atoms with Gasteiger partial charge in [-0.2, -0.15) is 0 Å². The number of likely N-dealkylation sites (N-methyl/N-ethyl adjacent to an activating group) is 1. The van der Waals surface area contributed by atoms with Crippen LogP contribution in [0.25, 0.3) is 0 Å². The van der Waals surface area contributed by atoms with Crippen molar-refractivity contribution in [2.75, 3.05) is 94.8 Å². The van der Waals surface area contributed by atoms with E-state index in [0.717, 1.165) is 29.3 Å². The number of ether oxygens (including phenoxy) is 4. The fraction of sp³-hybridized carbons (Fsp3) is 0.543. The average molecular weight is 1310 g/mol. The number of hydrogen-bond acceptors (Lipinski definition) is 14. The minimum absolute atomic E-state index is 0.0319. The predicted octanol–water partition coefficient (Wildman–Crippen LogP) is 8.75. The molecule has 94 heavy (non-hydrogen) atoms. The maximum absolute atomic E-state index is 15.2. The fourth-order valence-electron chi connectivity index (χ4n) is 13.1. The van der Waals surface area contributed by atoms with Crippen molar-refractivity contribution in [3.63, 3.8) is 0 Å². The number of Topliss-reactive ketones (excluding diaryl/α,β-unsaturated/α-hetero) is 1. The van der Waals surface area contributed by atoms with Gasteiger partial charge in [0.25, 0.3) is 5.91 Å². The number of nitrogens with zero attached hydrogens (tertiary/aromatic N) is 6. The van der Waals surface area contributed by atoms with E-state index in [1.165, 1.54) is 35.0 Å². The first-order valence-corrected chi connectivity index (χ1v) is 32.4. The van der Waals surface area contributed by atoms with Crippen LogP contribution in [-0.2, 0) is 66.1 Å². The number of ketones is 1. The number of fused-ring (bicyclic) bond motifs is 2. The number of nitrogens with one attached hydrogen (secondary N) is 3. The maximum atomic E-state index is 15.2. The van der Waals surface area contributed by atoms with Gasteiger partial charge in [0.05, 0.1) is 31.2 Å². The van der Waals surface area contributed by atoms with E-state index < -0.39 is 93.5 Å². The molecular formula is C70H90F3N9O12. The van der Waals surface area contributed by atoms with Crippen molar-refractivity contribution in [1.82, 2.24) is 29.8 Å². The van der Waals surface area contributed by atoms with E-state index in [9.17, 15) is 33.2 Å². The van der Waals surface area contributed by atoms with Gasteiger partial charge in [0, 0.05) is 114 Å². The lowest BCUT2D eigenvalue weighted by molar-refractivity contribution is -0.147. The van der Waals surface area contributed by atoms with Crippen LogP contribution in [0, 0.1) is 29.3 Å². The molecule has 24 heteroatoms. The molecule has 3 saturated heterocycles. The zero-order valence-corrected chi connectivity index (χ0v) is 55.8. The summed E-state index contributed by atoms with van der Waals surface area (Å²) in [5.41, 5.74) is 0.107. The van der Waals surface area contributed by atoms with Crippen LogP contribution in [0.1, 0.15) is 129 Å². The van der Waals surface area contributed by atoms with Gasteiger partial charge in [0.1, 0.15) is 40.4 Å². The highest BCUT2D eigenvalue weighted by Crippen LogP contribution is 2.44. The van der Waals surface area contributed by atoms with Crippen molar-refractivity contribution in [2.45, 2.75) is 155 Å². The minimum Gasteiger partial charge on any atom is -0.444 e. The summed E-state index contributed by atoms with van der Waals surface area (Å²) in [6.07, 6.45) is -0.472. The topological polar surface area (TPSA) is 229 Å². The summed E-state index contributed by atoms with van der Waals surface area (Å²) in [6, 6.07) is 16.6. The van der Waals surface area contributed by atoms with E-state index in [2.05, 4.69) is 32.7 Å². The molecule has 5 aliphatic heterocycles. The van der Waals surface area contributed by atoms with Gasteiger partial charge < -0.3 is 54.5 Å². The molecule has 7 amide bonds. The summed E-state index contributed by atoms with van der Waals surface area (Å²) in [7, 11) is 1.43. The summed E-state index contributed by atoms with van der Waals surface area (Å²) >= 11 is 0. The van der Waals surface area contributed by atoms with Crippen molar-refractivity contribution in [3.05, 3.63) is 124 Å². The summed E-state index contributed by atoms with van der Waals surface area (Å²) in [6.45, 7) is 21.1. The lowest BCUT2D eigenvalue weighted by Crippen LogP contribution is -2.64. The number of morpholine rings is 1. The van der Waals surface area contributed by atoms with Crippen LogP contribution in [0.2, 0.25) is 0 Å². The maximum Gasteiger partial charge on any atom is 0.410 e. The lowest BCUT2D eigenvalue weighted by atomic mass is 9.80. The summed E-state index contributed by atoms with van der Waals surface area (Å²) in [5, 5.41) is 8.14. The summed E-state index contributed by atoms with van der Waals surface area (Å²) in [4.78, 5) is 125. The first-order valence-electron chi connectivity index (χ1n) is 32.4. The van der Waals surface area contributed by atoms with Crippen LogP contribution < -0.4 is 20.9 Å². The third-order valence-corrected chi connectivity index (χ3v) is 18.5. The van der Waals surface area contributed by atoms with Crippen LogP contribution in [-0.4, -0.2) is 187 Å². The molecule has 0 saturated carbocycles. The highest BCUT2D eigenvalue weighted by Gasteiger charge is 2.49. The van der Waals surface area contributed by atoms with Crippen LogP contribution in [0.3, 0.4) is 0 Å². The van der Waals surface area contributed by atoms with Gasteiger partial charge in [-0.25, -0.2) is 22.8 Å². The van der Waals surface area contributed by atoms with E-state index in [4.69, 9.17) is 18.9 Å². The van der Waals surface area contributed by atoms with Crippen molar-refractivity contribution in [3.8, 4) is 0 Å². The second kappa shape index (κ2) is 29.4. The molecule has 3 N–H and O–H groups in total. The Morgan fingerprint density at radius 2 is 1.46 bits per heavy atom. The molecule has 21 nitrogen and oxygen atoms in total. The molecule has 9 rings (SSSR count). The van der Waals surface area contributed by atoms with Gasteiger partial charge in [-0.3, -0.25) is 38.6 Å². The van der Waals surface area contributed by atoms with E-state index in [1.807, 2.05) is 45.9 Å². The molecule has 5 heterocycles. The third-order valence-electron chi connectivity index (χ3n) is 18.5. The smallest absolute Gasteiger partial charge is 0.410 e. The van der Waals surface area contributed by atoms with E-state index in [-0.39, 0.29) is 86.0 Å². The summed E-state index contributed by atoms with van der Waals surface area (Å²) in [5.74, 6) is -7.10. The van der Waals surface area contributed by atoms with E-state index in [0.29, 0.717) is 88.7 Å². The Kier molecular flexibility index (Phi) is 22.0. The van der Waals surface area contributed by atoms with E-state index >= 15 is 18.4 Å². The number of carbonyl (C=O) groups excluding carboxylic acids is 8. The largest absolute Gasteiger partial charge is 0.444 e. The molecule has 4 aromatic carbocycles. The molecule has 4 aromatic rings. The number of anilines is 3. The molecule has 0 aliphatic carbocycles. The average Bonchev–Trinajstić information content (AvgIpc) is 1.59. The molecule has 0 unspecified atom stereocenters. The molecule has 5 aliphatic rings.